The van der Waals surface area contributed by atoms with E-state index in [9.17, 15) is 4.79 Å². The van der Waals surface area contributed by atoms with E-state index in [0.717, 1.165) is 22.4 Å². The second kappa shape index (κ2) is 7.28. The molecule has 0 fully saturated rings. The molecule has 140 valence electrons. The average molecular weight is 389 g/mol. The van der Waals surface area contributed by atoms with E-state index in [1.807, 2.05) is 61.0 Å². The van der Waals surface area contributed by atoms with E-state index in [4.69, 9.17) is 5.73 Å². The van der Waals surface area contributed by atoms with E-state index in [1.165, 1.54) is 5.56 Å². The van der Waals surface area contributed by atoms with Crippen molar-refractivity contribution in [2.45, 2.75) is 13.8 Å². The van der Waals surface area contributed by atoms with E-state index in [-0.39, 0.29) is 11.6 Å². The quantitative estimate of drug-likeness (QED) is 0.505. The topological polar surface area (TPSA) is 85.8 Å². The van der Waals surface area contributed by atoms with Crippen LogP contribution in [0.5, 0.6) is 0 Å². The van der Waals surface area contributed by atoms with Crippen molar-refractivity contribution in [3.05, 3.63) is 76.2 Å². The summed E-state index contributed by atoms with van der Waals surface area (Å²) >= 11 is 1.62. The predicted molar refractivity (Wildman–Crippen MR) is 113 cm³/mol. The summed E-state index contributed by atoms with van der Waals surface area (Å²) in [6.07, 6.45) is 1.61. The molecule has 0 radical (unpaired) electrons. The number of nitrogens with zero attached hydrogens (tertiary/aromatic N) is 3. The van der Waals surface area contributed by atoms with Gasteiger partial charge in [-0.3, -0.25) is 4.79 Å². The van der Waals surface area contributed by atoms with Crippen molar-refractivity contribution in [2.75, 3.05) is 11.1 Å². The van der Waals surface area contributed by atoms with E-state index >= 15 is 0 Å². The van der Waals surface area contributed by atoms with Crippen LogP contribution in [0.25, 0.3) is 16.8 Å². The lowest BCUT2D eigenvalue weighted by Gasteiger charge is -2.09. The number of nitrogen functional groups attached to an aromatic ring is 1. The Balaban J connectivity index is 1.57. The first-order chi connectivity index (χ1) is 13.5. The summed E-state index contributed by atoms with van der Waals surface area (Å²) in [5.41, 5.74) is 12.6. The number of aromatic nitrogens is 3. The number of thiophene rings is 1. The zero-order valence-corrected chi connectivity index (χ0v) is 16.3. The Kier molecular flexibility index (Phi) is 4.67. The lowest BCUT2D eigenvalue weighted by molar-refractivity contribution is 0.102. The number of carbonyl (C=O) groups excluding carboxylic acids is 1. The minimum absolute atomic E-state index is 0.221. The standard InChI is InChI=1S/C21H19N5OS/c1-13-3-5-17(9-14(13)2)26-11-20(24-25-26)21(27)23-19-10-15(4-6-18(19)22)16-7-8-28-12-16/h3-12H,22H2,1-2H3,(H,23,27). The number of hydrogen-bond donors (Lipinski definition) is 2. The zero-order chi connectivity index (χ0) is 19.7. The number of anilines is 2. The van der Waals surface area contributed by atoms with Crippen LogP contribution in [0.3, 0.4) is 0 Å². The van der Waals surface area contributed by atoms with Gasteiger partial charge in [-0.05, 0) is 77.2 Å². The van der Waals surface area contributed by atoms with E-state index in [0.29, 0.717) is 11.4 Å². The number of carbonyl (C=O) groups is 1. The zero-order valence-electron chi connectivity index (χ0n) is 15.5. The van der Waals surface area contributed by atoms with Gasteiger partial charge in [0.25, 0.3) is 5.91 Å². The largest absolute Gasteiger partial charge is 0.397 e. The molecule has 0 spiro atoms. The highest BCUT2D eigenvalue weighted by Crippen LogP contribution is 2.29. The molecular formula is C21H19N5OS. The third-order valence-electron chi connectivity index (χ3n) is 4.64. The van der Waals surface area contributed by atoms with E-state index in [2.05, 4.69) is 15.6 Å². The number of rotatable bonds is 4. The fraction of sp³-hybridized carbons (Fsp3) is 0.0952. The van der Waals surface area contributed by atoms with Gasteiger partial charge in [0, 0.05) is 0 Å². The molecule has 4 rings (SSSR count). The molecule has 2 aromatic carbocycles. The van der Waals surface area contributed by atoms with Crippen LogP contribution in [-0.2, 0) is 0 Å². The van der Waals surface area contributed by atoms with Crippen LogP contribution in [0.2, 0.25) is 0 Å². The molecule has 1 amide bonds. The van der Waals surface area contributed by atoms with E-state index < -0.39 is 0 Å². The smallest absolute Gasteiger partial charge is 0.277 e. The Morgan fingerprint density at radius 2 is 1.93 bits per heavy atom. The van der Waals surface area contributed by atoms with Crippen molar-refractivity contribution in [3.8, 4) is 16.8 Å². The molecule has 0 unspecified atom stereocenters. The minimum Gasteiger partial charge on any atom is -0.397 e. The first-order valence-electron chi connectivity index (χ1n) is 8.75. The van der Waals surface area contributed by atoms with Gasteiger partial charge in [0.1, 0.15) is 0 Å². The monoisotopic (exact) mass is 389 g/mol. The summed E-state index contributed by atoms with van der Waals surface area (Å²) < 4.78 is 1.59. The molecule has 2 heterocycles. The summed E-state index contributed by atoms with van der Waals surface area (Å²) in [4.78, 5) is 12.6. The average Bonchev–Trinajstić information content (AvgIpc) is 3.37. The first kappa shape index (κ1) is 17.9. The molecule has 0 atom stereocenters. The molecular weight excluding hydrogens is 370 g/mol. The van der Waals surface area contributed by atoms with Crippen LogP contribution in [-0.4, -0.2) is 20.9 Å². The van der Waals surface area contributed by atoms with Crippen molar-refractivity contribution in [1.82, 2.24) is 15.0 Å². The highest BCUT2D eigenvalue weighted by molar-refractivity contribution is 7.08. The molecule has 0 aliphatic rings. The number of aryl methyl sites for hydroxylation is 2. The maximum atomic E-state index is 12.6. The normalized spacial score (nSPS) is 10.8. The van der Waals surface area contributed by atoms with Crippen LogP contribution >= 0.6 is 11.3 Å². The van der Waals surface area contributed by atoms with Crippen molar-refractivity contribution >= 4 is 28.6 Å². The van der Waals surface area contributed by atoms with Gasteiger partial charge in [-0.2, -0.15) is 11.3 Å². The molecule has 0 bridgehead atoms. The van der Waals surface area contributed by atoms with Gasteiger partial charge in [0.15, 0.2) is 5.69 Å². The van der Waals surface area contributed by atoms with Gasteiger partial charge in [-0.15, -0.1) is 5.10 Å². The van der Waals surface area contributed by atoms with Crippen molar-refractivity contribution in [1.29, 1.82) is 0 Å². The molecule has 0 aliphatic heterocycles. The van der Waals surface area contributed by atoms with Gasteiger partial charge in [0.2, 0.25) is 0 Å². The van der Waals surface area contributed by atoms with Crippen LogP contribution in [0.4, 0.5) is 11.4 Å². The third-order valence-corrected chi connectivity index (χ3v) is 5.32. The second-order valence-electron chi connectivity index (χ2n) is 6.59. The van der Waals surface area contributed by atoms with Crippen LogP contribution in [0, 0.1) is 13.8 Å². The van der Waals surface area contributed by atoms with Gasteiger partial charge in [-0.1, -0.05) is 17.3 Å². The van der Waals surface area contributed by atoms with Crippen LogP contribution < -0.4 is 11.1 Å². The molecule has 0 saturated carbocycles. The molecule has 0 aliphatic carbocycles. The van der Waals surface area contributed by atoms with Gasteiger partial charge >= 0.3 is 0 Å². The minimum atomic E-state index is -0.357. The molecule has 7 heteroatoms. The molecule has 0 saturated heterocycles. The number of hydrogen-bond acceptors (Lipinski definition) is 5. The van der Waals surface area contributed by atoms with E-state index in [1.54, 1.807) is 28.3 Å². The Bertz CT molecular complexity index is 1150. The Morgan fingerprint density at radius 3 is 2.68 bits per heavy atom. The maximum Gasteiger partial charge on any atom is 0.277 e. The van der Waals surface area contributed by atoms with Crippen LogP contribution in [0.15, 0.2) is 59.4 Å². The van der Waals surface area contributed by atoms with Crippen molar-refractivity contribution < 1.29 is 4.79 Å². The Hall–Kier alpha value is -3.45. The fourth-order valence-corrected chi connectivity index (χ4v) is 3.49. The molecule has 4 aromatic rings. The summed E-state index contributed by atoms with van der Waals surface area (Å²) in [6, 6.07) is 13.6. The summed E-state index contributed by atoms with van der Waals surface area (Å²) in [5.74, 6) is -0.357. The van der Waals surface area contributed by atoms with Gasteiger partial charge in [0.05, 0.1) is 23.3 Å². The Labute approximate surface area is 166 Å². The van der Waals surface area contributed by atoms with Crippen molar-refractivity contribution in [3.63, 3.8) is 0 Å². The molecule has 3 N–H and O–H groups in total. The fourth-order valence-electron chi connectivity index (χ4n) is 2.82. The molecule has 6 nitrogen and oxygen atoms in total. The maximum absolute atomic E-state index is 12.6. The molecule has 2 aromatic heterocycles. The lowest BCUT2D eigenvalue weighted by Crippen LogP contribution is -2.13. The lowest BCUT2D eigenvalue weighted by atomic mass is 10.1. The summed E-state index contributed by atoms with van der Waals surface area (Å²) in [6.45, 7) is 4.08. The van der Waals surface area contributed by atoms with Gasteiger partial charge < -0.3 is 11.1 Å². The van der Waals surface area contributed by atoms with Crippen LogP contribution in [0.1, 0.15) is 21.6 Å². The first-order valence-corrected chi connectivity index (χ1v) is 9.69. The molecule has 28 heavy (non-hydrogen) atoms. The number of benzene rings is 2. The SMILES string of the molecule is Cc1ccc(-n2cc(C(=O)Nc3cc(-c4ccsc4)ccc3N)nn2)cc1C. The number of nitrogens with two attached hydrogens (primary N) is 1. The second-order valence-corrected chi connectivity index (χ2v) is 7.37. The number of nitrogens with one attached hydrogen (secondary N) is 1. The highest BCUT2D eigenvalue weighted by Gasteiger charge is 2.14. The summed E-state index contributed by atoms with van der Waals surface area (Å²) in [5, 5.41) is 15.0. The van der Waals surface area contributed by atoms with Crippen molar-refractivity contribution in [2.24, 2.45) is 0 Å². The summed E-state index contributed by atoms with van der Waals surface area (Å²) in [7, 11) is 0. The highest BCUT2D eigenvalue weighted by atomic mass is 32.1. The number of amides is 1. The predicted octanol–water partition coefficient (Wildman–Crippen LogP) is 4.45. The third kappa shape index (κ3) is 3.52. The Morgan fingerprint density at radius 1 is 1.07 bits per heavy atom. The van der Waals surface area contributed by atoms with Gasteiger partial charge in [-0.25, -0.2) is 4.68 Å².